The van der Waals surface area contributed by atoms with Gasteiger partial charge in [0.15, 0.2) is 0 Å². The molecule has 2 aromatic carbocycles. The van der Waals surface area contributed by atoms with Gasteiger partial charge >= 0.3 is 5.97 Å². The average Bonchev–Trinajstić information content (AvgIpc) is 2.38. The standard InChI is InChI=1S/C15H14O2S/c1-18-14-7-5-12(6-8-14)13-4-2-3-11(9-13)10-15(16)17/h2-9H,10H2,1H3,(H,16,17). The highest BCUT2D eigenvalue weighted by Gasteiger charge is 2.03. The first-order valence-electron chi connectivity index (χ1n) is 5.64. The molecule has 0 spiro atoms. The quantitative estimate of drug-likeness (QED) is 0.850. The Hall–Kier alpha value is -1.74. The highest BCUT2D eigenvalue weighted by atomic mass is 32.2. The summed E-state index contributed by atoms with van der Waals surface area (Å²) in [4.78, 5) is 11.9. The van der Waals surface area contributed by atoms with Crippen molar-refractivity contribution >= 4 is 17.7 Å². The summed E-state index contributed by atoms with van der Waals surface area (Å²) < 4.78 is 0. The van der Waals surface area contributed by atoms with Crippen LogP contribution in [0.3, 0.4) is 0 Å². The molecule has 0 unspecified atom stereocenters. The second-order valence-corrected chi connectivity index (χ2v) is 4.88. The molecule has 0 radical (unpaired) electrons. The Morgan fingerprint density at radius 2 is 1.83 bits per heavy atom. The van der Waals surface area contributed by atoms with Gasteiger partial charge in [0.2, 0.25) is 0 Å². The van der Waals surface area contributed by atoms with Crippen LogP contribution in [0.5, 0.6) is 0 Å². The van der Waals surface area contributed by atoms with Gasteiger partial charge in [0.25, 0.3) is 0 Å². The zero-order valence-corrected chi connectivity index (χ0v) is 10.9. The minimum absolute atomic E-state index is 0.0662. The van der Waals surface area contributed by atoms with Crippen molar-refractivity contribution in [2.75, 3.05) is 6.26 Å². The fourth-order valence-electron chi connectivity index (χ4n) is 1.82. The largest absolute Gasteiger partial charge is 0.481 e. The molecule has 0 aliphatic rings. The Labute approximate surface area is 111 Å². The van der Waals surface area contributed by atoms with Crippen molar-refractivity contribution in [3.63, 3.8) is 0 Å². The van der Waals surface area contributed by atoms with Crippen molar-refractivity contribution in [2.24, 2.45) is 0 Å². The molecule has 0 fully saturated rings. The van der Waals surface area contributed by atoms with Gasteiger partial charge in [-0.2, -0.15) is 0 Å². The molecule has 3 heteroatoms. The summed E-state index contributed by atoms with van der Waals surface area (Å²) in [5.74, 6) is -0.801. The monoisotopic (exact) mass is 258 g/mol. The predicted octanol–water partition coefficient (Wildman–Crippen LogP) is 3.70. The van der Waals surface area contributed by atoms with E-state index >= 15 is 0 Å². The number of benzene rings is 2. The van der Waals surface area contributed by atoms with E-state index < -0.39 is 5.97 Å². The van der Waals surface area contributed by atoms with Crippen LogP contribution in [0.1, 0.15) is 5.56 Å². The summed E-state index contributed by atoms with van der Waals surface area (Å²) in [6.45, 7) is 0. The lowest BCUT2D eigenvalue weighted by Gasteiger charge is -2.05. The maximum absolute atomic E-state index is 10.7. The fourth-order valence-corrected chi connectivity index (χ4v) is 2.23. The van der Waals surface area contributed by atoms with Crippen molar-refractivity contribution in [1.29, 1.82) is 0 Å². The third-order valence-electron chi connectivity index (χ3n) is 2.71. The molecule has 0 aliphatic heterocycles. The number of rotatable bonds is 4. The van der Waals surface area contributed by atoms with Gasteiger partial charge in [0.05, 0.1) is 6.42 Å². The normalized spacial score (nSPS) is 10.3. The molecule has 0 aromatic heterocycles. The number of hydrogen-bond acceptors (Lipinski definition) is 2. The molecule has 0 amide bonds. The van der Waals surface area contributed by atoms with Crippen LogP contribution in [0.15, 0.2) is 53.4 Å². The van der Waals surface area contributed by atoms with E-state index in [1.54, 1.807) is 11.8 Å². The zero-order chi connectivity index (χ0) is 13.0. The Bertz CT molecular complexity index is 547. The Morgan fingerprint density at radius 3 is 2.44 bits per heavy atom. The van der Waals surface area contributed by atoms with Crippen LogP contribution in [0.4, 0.5) is 0 Å². The van der Waals surface area contributed by atoms with E-state index in [0.717, 1.165) is 16.7 Å². The predicted molar refractivity (Wildman–Crippen MR) is 75.0 cm³/mol. The van der Waals surface area contributed by atoms with E-state index in [9.17, 15) is 4.79 Å². The first kappa shape index (κ1) is 12.7. The lowest BCUT2D eigenvalue weighted by molar-refractivity contribution is -0.136. The number of carboxylic acids is 1. The molecule has 2 aromatic rings. The van der Waals surface area contributed by atoms with E-state index in [0.29, 0.717) is 0 Å². The summed E-state index contributed by atoms with van der Waals surface area (Å²) in [7, 11) is 0. The van der Waals surface area contributed by atoms with E-state index in [1.165, 1.54) is 4.90 Å². The molecular formula is C15H14O2S. The van der Waals surface area contributed by atoms with Crippen LogP contribution < -0.4 is 0 Å². The van der Waals surface area contributed by atoms with Gasteiger partial charge in [-0.3, -0.25) is 4.79 Å². The van der Waals surface area contributed by atoms with Crippen molar-refractivity contribution < 1.29 is 9.90 Å². The van der Waals surface area contributed by atoms with Gasteiger partial charge in [-0.25, -0.2) is 0 Å². The number of carboxylic acid groups (broad SMARTS) is 1. The lowest BCUT2D eigenvalue weighted by Crippen LogP contribution is -1.99. The maximum atomic E-state index is 10.7. The maximum Gasteiger partial charge on any atom is 0.307 e. The SMILES string of the molecule is CSc1ccc(-c2cccc(CC(=O)O)c2)cc1. The van der Waals surface area contributed by atoms with Crippen LogP contribution in [0.25, 0.3) is 11.1 Å². The molecule has 0 atom stereocenters. The van der Waals surface area contributed by atoms with Gasteiger partial charge in [0, 0.05) is 4.90 Å². The smallest absolute Gasteiger partial charge is 0.307 e. The van der Waals surface area contributed by atoms with Crippen LogP contribution in [0, 0.1) is 0 Å². The molecule has 2 rings (SSSR count). The molecule has 0 heterocycles. The van der Waals surface area contributed by atoms with Crippen molar-refractivity contribution in [3.05, 3.63) is 54.1 Å². The van der Waals surface area contributed by atoms with Gasteiger partial charge < -0.3 is 5.11 Å². The molecule has 92 valence electrons. The number of carbonyl (C=O) groups is 1. The average molecular weight is 258 g/mol. The highest BCUT2D eigenvalue weighted by Crippen LogP contribution is 2.23. The minimum atomic E-state index is -0.801. The third-order valence-corrected chi connectivity index (χ3v) is 3.45. The molecule has 0 aliphatic carbocycles. The first-order valence-corrected chi connectivity index (χ1v) is 6.86. The van der Waals surface area contributed by atoms with Crippen LogP contribution in [-0.4, -0.2) is 17.3 Å². The minimum Gasteiger partial charge on any atom is -0.481 e. The number of hydrogen-bond donors (Lipinski definition) is 1. The van der Waals surface area contributed by atoms with Gasteiger partial charge in [-0.1, -0.05) is 36.4 Å². The van der Waals surface area contributed by atoms with Gasteiger partial charge in [-0.05, 0) is 35.1 Å². The zero-order valence-electron chi connectivity index (χ0n) is 10.1. The number of thioether (sulfide) groups is 1. The topological polar surface area (TPSA) is 37.3 Å². The van der Waals surface area contributed by atoms with Crippen molar-refractivity contribution in [2.45, 2.75) is 11.3 Å². The first-order chi connectivity index (χ1) is 8.69. The highest BCUT2D eigenvalue weighted by molar-refractivity contribution is 7.98. The van der Waals surface area contributed by atoms with Crippen LogP contribution >= 0.6 is 11.8 Å². The number of aliphatic carboxylic acids is 1. The Balaban J connectivity index is 2.29. The van der Waals surface area contributed by atoms with E-state index in [-0.39, 0.29) is 6.42 Å². The lowest BCUT2D eigenvalue weighted by atomic mass is 10.0. The molecule has 1 N–H and O–H groups in total. The Morgan fingerprint density at radius 1 is 1.11 bits per heavy atom. The second kappa shape index (κ2) is 5.74. The Kier molecular flexibility index (Phi) is 4.05. The van der Waals surface area contributed by atoms with Gasteiger partial charge in [-0.15, -0.1) is 11.8 Å². The second-order valence-electron chi connectivity index (χ2n) is 4.00. The van der Waals surface area contributed by atoms with E-state index in [1.807, 2.05) is 30.5 Å². The summed E-state index contributed by atoms with van der Waals surface area (Å²) in [6.07, 6.45) is 2.11. The molecule has 0 bridgehead atoms. The molecule has 2 nitrogen and oxygen atoms in total. The molecule has 0 saturated heterocycles. The molecule has 18 heavy (non-hydrogen) atoms. The van der Waals surface area contributed by atoms with E-state index in [4.69, 9.17) is 5.11 Å². The summed E-state index contributed by atoms with van der Waals surface area (Å²) in [5, 5.41) is 8.79. The van der Waals surface area contributed by atoms with Crippen LogP contribution in [0.2, 0.25) is 0 Å². The summed E-state index contributed by atoms with van der Waals surface area (Å²) >= 11 is 1.71. The van der Waals surface area contributed by atoms with Crippen molar-refractivity contribution in [1.82, 2.24) is 0 Å². The summed E-state index contributed by atoms with van der Waals surface area (Å²) in [5.41, 5.74) is 3.00. The third kappa shape index (κ3) is 3.14. The summed E-state index contributed by atoms with van der Waals surface area (Å²) in [6, 6.07) is 15.9. The fraction of sp³-hybridized carbons (Fsp3) is 0.133. The van der Waals surface area contributed by atoms with E-state index in [2.05, 4.69) is 24.3 Å². The van der Waals surface area contributed by atoms with Crippen molar-refractivity contribution in [3.8, 4) is 11.1 Å². The van der Waals surface area contributed by atoms with Crippen LogP contribution in [-0.2, 0) is 11.2 Å². The molecular weight excluding hydrogens is 244 g/mol. The van der Waals surface area contributed by atoms with Gasteiger partial charge in [0.1, 0.15) is 0 Å². The molecule has 0 saturated carbocycles.